The predicted molar refractivity (Wildman–Crippen MR) is 71.3 cm³/mol. The zero-order valence-corrected chi connectivity index (χ0v) is 11.4. The van der Waals surface area contributed by atoms with E-state index in [4.69, 9.17) is 9.84 Å². The second kappa shape index (κ2) is 5.50. The van der Waals surface area contributed by atoms with Crippen molar-refractivity contribution in [2.24, 2.45) is 0 Å². The van der Waals surface area contributed by atoms with Gasteiger partial charge in [-0.15, -0.1) is 0 Å². The molecule has 0 radical (unpaired) electrons. The highest BCUT2D eigenvalue weighted by Gasteiger charge is 2.06. The molecule has 0 aliphatic heterocycles. The lowest BCUT2D eigenvalue weighted by Crippen LogP contribution is -1.91. The Balaban J connectivity index is 2.30. The van der Waals surface area contributed by atoms with Crippen LogP contribution in [0.3, 0.4) is 0 Å². The molecule has 0 bridgehead atoms. The Morgan fingerprint density at radius 1 is 1.22 bits per heavy atom. The average molecular weight is 311 g/mol. The van der Waals surface area contributed by atoms with Crippen molar-refractivity contribution in [3.63, 3.8) is 0 Å². The van der Waals surface area contributed by atoms with Crippen molar-refractivity contribution in [1.29, 1.82) is 0 Å². The highest BCUT2D eigenvalue weighted by atomic mass is 79.9. The summed E-state index contributed by atoms with van der Waals surface area (Å²) < 4.78 is 19.7. The molecule has 4 heteroatoms. The summed E-state index contributed by atoms with van der Waals surface area (Å²) in [6, 6.07) is 9.80. The molecule has 0 saturated heterocycles. The molecule has 0 aliphatic rings. The van der Waals surface area contributed by atoms with Crippen LogP contribution in [0.4, 0.5) is 4.39 Å². The number of hydrogen-bond donors (Lipinski definition) is 1. The number of rotatable bonds is 3. The number of ether oxygens (including phenoxy) is 1. The standard InChI is InChI=1S/C14H12BrFO2/c1-9-2-3-14(13(15)4-9)18-12-6-10(8-17)5-11(16)7-12/h2-7,17H,8H2,1H3. The van der Waals surface area contributed by atoms with E-state index in [9.17, 15) is 4.39 Å². The molecule has 2 nitrogen and oxygen atoms in total. The first kappa shape index (κ1) is 13.1. The maximum atomic E-state index is 13.3. The number of halogens is 2. The fourth-order valence-electron chi connectivity index (χ4n) is 1.59. The topological polar surface area (TPSA) is 29.5 Å². The van der Waals surface area contributed by atoms with Gasteiger partial charge in [0.1, 0.15) is 17.3 Å². The Hall–Kier alpha value is -1.39. The van der Waals surface area contributed by atoms with E-state index in [-0.39, 0.29) is 6.61 Å². The third kappa shape index (κ3) is 3.09. The lowest BCUT2D eigenvalue weighted by molar-refractivity contribution is 0.280. The minimum atomic E-state index is -0.431. The molecule has 2 aromatic rings. The van der Waals surface area contributed by atoms with Crippen molar-refractivity contribution in [3.8, 4) is 11.5 Å². The second-order valence-electron chi connectivity index (χ2n) is 3.99. The van der Waals surface area contributed by atoms with E-state index in [0.29, 0.717) is 17.1 Å². The molecule has 1 N–H and O–H groups in total. The quantitative estimate of drug-likeness (QED) is 0.921. The number of benzene rings is 2. The molecule has 0 unspecified atom stereocenters. The first-order valence-electron chi connectivity index (χ1n) is 5.43. The zero-order valence-electron chi connectivity index (χ0n) is 9.78. The third-order valence-electron chi connectivity index (χ3n) is 2.43. The molecule has 0 spiro atoms. The van der Waals surface area contributed by atoms with Crippen LogP contribution < -0.4 is 4.74 Å². The van der Waals surface area contributed by atoms with Gasteiger partial charge >= 0.3 is 0 Å². The van der Waals surface area contributed by atoms with Gasteiger partial charge in [-0.2, -0.15) is 0 Å². The van der Waals surface area contributed by atoms with Crippen LogP contribution in [0.25, 0.3) is 0 Å². The van der Waals surface area contributed by atoms with Crippen molar-refractivity contribution in [3.05, 3.63) is 57.8 Å². The van der Waals surface area contributed by atoms with Crippen LogP contribution in [0, 0.1) is 12.7 Å². The van der Waals surface area contributed by atoms with Gasteiger partial charge in [-0.1, -0.05) is 6.07 Å². The molecule has 2 rings (SSSR count). The second-order valence-corrected chi connectivity index (χ2v) is 4.84. The Morgan fingerprint density at radius 2 is 2.00 bits per heavy atom. The summed E-state index contributed by atoms with van der Waals surface area (Å²) in [5.41, 5.74) is 1.58. The molecule has 0 heterocycles. The van der Waals surface area contributed by atoms with Gasteiger partial charge in [-0.25, -0.2) is 4.39 Å². The monoisotopic (exact) mass is 310 g/mol. The number of aliphatic hydroxyl groups excluding tert-OH is 1. The van der Waals surface area contributed by atoms with Crippen LogP contribution in [0.5, 0.6) is 11.5 Å². The molecule has 94 valence electrons. The minimum Gasteiger partial charge on any atom is -0.456 e. The molecular formula is C14H12BrFO2. The summed E-state index contributed by atoms with van der Waals surface area (Å²) in [5.74, 6) is 0.540. The first-order valence-corrected chi connectivity index (χ1v) is 6.22. The van der Waals surface area contributed by atoms with E-state index in [2.05, 4.69) is 15.9 Å². The SMILES string of the molecule is Cc1ccc(Oc2cc(F)cc(CO)c2)c(Br)c1. The van der Waals surface area contributed by atoms with Crippen molar-refractivity contribution in [2.45, 2.75) is 13.5 Å². The van der Waals surface area contributed by atoms with Crippen LogP contribution in [-0.2, 0) is 6.61 Å². The van der Waals surface area contributed by atoms with Crippen LogP contribution in [0.15, 0.2) is 40.9 Å². The lowest BCUT2D eigenvalue weighted by Gasteiger charge is -2.09. The van der Waals surface area contributed by atoms with Gasteiger partial charge in [-0.3, -0.25) is 0 Å². The van der Waals surface area contributed by atoms with Crippen molar-refractivity contribution >= 4 is 15.9 Å². The van der Waals surface area contributed by atoms with Gasteiger partial charge in [0.2, 0.25) is 0 Å². The summed E-state index contributed by atoms with van der Waals surface area (Å²) >= 11 is 3.39. The van der Waals surface area contributed by atoms with Crippen LogP contribution in [0.1, 0.15) is 11.1 Å². The van der Waals surface area contributed by atoms with Gasteiger partial charge in [0, 0.05) is 6.07 Å². The Kier molecular flexibility index (Phi) is 3.99. The number of hydrogen-bond acceptors (Lipinski definition) is 2. The van der Waals surface area contributed by atoms with E-state index in [0.717, 1.165) is 10.0 Å². The fraction of sp³-hybridized carbons (Fsp3) is 0.143. The summed E-state index contributed by atoms with van der Waals surface area (Å²) in [7, 11) is 0. The minimum absolute atomic E-state index is 0.219. The smallest absolute Gasteiger partial charge is 0.141 e. The molecule has 0 aromatic heterocycles. The summed E-state index contributed by atoms with van der Waals surface area (Å²) in [6.45, 7) is 1.75. The fourth-order valence-corrected chi connectivity index (χ4v) is 2.16. The summed E-state index contributed by atoms with van der Waals surface area (Å²) in [5, 5.41) is 9.01. The molecule has 0 fully saturated rings. The highest BCUT2D eigenvalue weighted by Crippen LogP contribution is 2.31. The normalized spacial score (nSPS) is 10.4. The molecule has 0 saturated carbocycles. The molecule has 0 atom stereocenters. The Labute approximate surface area is 113 Å². The summed E-state index contributed by atoms with van der Waals surface area (Å²) in [4.78, 5) is 0. The van der Waals surface area contributed by atoms with E-state index in [1.165, 1.54) is 12.1 Å². The number of aryl methyl sites for hydroxylation is 1. The first-order chi connectivity index (χ1) is 8.58. The van der Waals surface area contributed by atoms with Crippen LogP contribution in [-0.4, -0.2) is 5.11 Å². The largest absolute Gasteiger partial charge is 0.456 e. The molecule has 2 aromatic carbocycles. The lowest BCUT2D eigenvalue weighted by atomic mass is 10.2. The Morgan fingerprint density at radius 3 is 2.67 bits per heavy atom. The number of aliphatic hydroxyl groups is 1. The molecule has 18 heavy (non-hydrogen) atoms. The molecule has 0 amide bonds. The third-order valence-corrected chi connectivity index (χ3v) is 3.05. The molecule has 0 aliphatic carbocycles. The maximum absolute atomic E-state index is 13.3. The van der Waals surface area contributed by atoms with E-state index >= 15 is 0 Å². The summed E-state index contributed by atoms with van der Waals surface area (Å²) in [6.07, 6.45) is 0. The van der Waals surface area contributed by atoms with Crippen molar-refractivity contribution in [2.75, 3.05) is 0 Å². The van der Waals surface area contributed by atoms with E-state index in [1.807, 2.05) is 25.1 Å². The van der Waals surface area contributed by atoms with E-state index < -0.39 is 5.82 Å². The van der Waals surface area contributed by atoms with Gasteiger partial charge < -0.3 is 9.84 Å². The maximum Gasteiger partial charge on any atom is 0.141 e. The van der Waals surface area contributed by atoms with Gasteiger partial charge in [0.15, 0.2) is 0 Å². The predicted octanol–water partition coefficient (Wildman–Crippen LogP) is 4.18. The Bertz CT molecular complexity index is 570. The highest BCUT2D eigenvalue weighted by molar-refractivity contribution is 9.10. The van der Waals surface area contributed by atoms with Crippen molar-refractivity contribution in [1.82, 2.24) is 0 Å². The van der Waals surface area contributed by atoms with Gasteiger partial charge in [0.25, 0.3) is 0 Å². The van der Waals surface area contributed by atoms with Crippen molar-refractivity contribution < 1.29 is 14.2 Å². The zero-order chi connectivity index (χ0) is 13.1. The van der Waals surface area contributed by atoms with Crippen LogP contribution in [0.2, 0.25) is 0 Å². The molecular weight excluding hydrogens is 299 g/mol. The van der Waals surface area contributed by atoms with Gasteiger partial charge in [-0.05, 0) is 58.2 Å². The average Bonchev–Trinajstić information content (AvgIpc) is 2.32. The van der Waals surface area contributed by atoms with E-state index in [1.54, 1.807) is 6.07 Å². The van der Waals surface area contributed by atoms with Crippen LogP contribution >= 0.6 is 15.9 Å². The van der Waals surface area contributed by atoms with Gasteiger partial charge in [0.05, 0.1) is 11.1 Å².